The zero-order valence-electron chi connectivity index (χ0n) is 7.65. The molecule has 0 aliphatic carbocycles. The Morgan fingerprint density at radius 2 is 2.00 bits per heavy atom. The van der Waals surface area contributed by atoms with Crippen LogP contribution >= 0.6 is 0 Å². The molecule has 5 nitrogen and oxygen atoms in total. The van der Waals surface area contributed by atoms with Gasteiger partial charge in [-0.15, -0.1) is 0 Å². The van der Waals surface area contributed by atoms with E-state index in [2.05, 4.69) is 9.97 Å². The molecule has 0 atom stereocenters. The highest BCUT2D eigenvalue weighted by molar-refractivity contribution is 6.58. The molecular formula is C7H5BF3N3O2. The van der Waals surface area contributed by atoms with Crippen LogP contribution in [0.1, 0.15) is 5.82 Å². The Morgan fingerprint density at radius 3 is 2.56 bits per heavy atom. The number of hydrogen-bond acceptors (Lipinski definition) is 4. The summed E-state index contributed by atoms with van der Waals surface area (Å²) in [5, 5.41) is 17.6. The summed E-state index contributed by atoms with van der Waals surface area (Å²) in [7, 11) is -1.78. The predicted molar refractivity (Wildman–Crippen MR) is 48.7 cm³/mol. The first kappa shape index (κ1) is 10.9. The Labute approximate surface area is 87.1 Å². The largest absolute Gasteiger partial charge is 0.490 e. The van der Waals surface area contributed by atoms with Gasteiger partial charge in [0.25, 0.3) is 0 Å². The number of nitrogens with zero attached hydrogens (tertiary/aromatic N) is 2. The molecule has 0 saturated heterocycles. The molecule has 0 fully saturated rings. The number of pyridine rings is 1. The lowest BCUT2D eigenvalue weighted by Crippen LogP contribution is -2.29. The predicted octanol–water partition coefficient (Wildman–Crippen LogP) is -0.344. The summed E-state index contributed by atoms with van der Waals surface area (Å²) in [6, 6.07) is 1.15. The van der Waals surface area contributed by atoms with Crippen molar-refractivity contribution in [1.82, 2.24) is 15.0 Å². The highest BCUT2D eigenvalue weighted by Crippen LogP contribution is 2.27. The Balaban J connectivity index is 2.54. The molecule has 0 radical (unpaired) electrons. The number of rotatable bonds is 1. The molecule has 0 aromatic carbocycles. The van der Waals surface area contributed by atoms with Crippen molar-refractivity contribution in [2.45, 2.75) is 6.18 Å². The molecule has 2 aromatic heterocycles. The molecule has 2 heterocycles. The third-order valence-corrected chi connectivity index (χ3v) is 1.93. The van der Waals surface area contributed by atoms with Crippen LogP contribution in [-0.2, 0) is 6.18 Å². The Kier molecular flexibility index (Phi) is 2.36. The second-order valence-corrected chi connectivity index (χ2v) is 3.10. The average Bonchev–Trinajstić information content (AvgIpc) is 2.58. The van der Waals surface area contributed by atoms with Gasteiger partial charge in [0.15, 0.2) is 5.65 Å². The van der Waals surface area contributed by atoms with E-state index in [4.69, 9.17) is 10.0 Å². The molecule has 84 valence electrons. The van der Waals surface area contributed by atoms with E-state index in [1.807, 2.05) is 4.98 Å². The van der Waals surface area contributed by atoms with Gasteiger partial charge in [-0.25, -0.2) is 9.97 Å². The second-order valence-electron chi connectivity index (χ2n) is 3.10. The third kappa shape index (κ3) is 1.86. The zero-order valence-corrected chi connectivity index (χ0v) is 7.65. The van der Waals surface area contributed by atoms with Crippen LogP contribution in [0.4, 0.5) is 13.2 Å². The van der Waals surface area contributed by atoms with Gasteiger partial charge in [0.1, 0.15) is 0 Å². The number of aromatic amines is 1. The topological polar surface area (TPSA) is 82.0 Å². The minimum absolute atomic E-state index is 0.00192. The lowest BCUT2D eigenvalue weighted by atomic mass is 9.82. The van der Waals surface area contributed by atoms with Gasteiger partial charge in [0.05, 0.1) is 5.52 Å². The maximum Gasteiger partial charge on any atom is 0.490 e. The highest BCUT2D eigenvalue weighted by Gasteiger charge is 2.35. The monoisotopic (exact) mass is 231 g/mol. The first-order valence-electron chi connectivity index (χ1n) is 4.17. The fraction of sp³-hybridized carbons (Fsp3) is 0.143. The fourth-order valence-corrected chi connectivity index (χ4v) is 1.19. The lowest BCUT2D eigenvalue weighted by Gasteiger charge is -1.98. The van der Waals surface area contributed by atoms with E-state index < -0.39 is 19.1 Å². The minimum Gasteiger partial charge on any atom is -0.423 e. The normalized spacial score (nSPS) is 12.1. The van der Waals surface area contributed by atoms with Gasteiger partial charge in [-0.2, -0.15) is 13.2 Å². The van der Waals surface area contributed by atoms with Crippen LogP contribution in [0.5, 0.6) is 0 Å². The number of fused-ring (bicyclic) bond motifs is 1. The quantitative estimate of drug-likeness (QED) is 0.586. The standard InChI is InChI=1S/C7H5BF3N3O2/c9-7(10,11)6-13-4-1-3(8(15)16)2-12-5(4)14-6/h1-2,15-16H,(H,12,13,14). The molecule has 3 N–H and O–H groups in total. The fourth-order valence-electron chi connectivity index (χ4n) is 1.19. The van der Waals surface area contributed by atoms with E-state index in [1.165, 1.54) is 0 Å². The van der Waals surface area contributed by atoms with Gasteiger partial charge in [-0.1, -0.05) is 0 Å². The Morgan fingerprint density at radius 1 is 1.31 bits per heavy atom. The Bertz CT molecular complexity index is 525. The molecular weight excluding hydrogens is 226 g/mol. The number of halogens is 3. The van der Waals surface area contributed by atoms with Crippen molar-refractivity contribution in [1.29, 1.82) is 0 Å². The van der Waals surface area contributed by atoms with Gasteiger partial charge >= 0.3 is 13.3 Å². The van der Waals surface area contributed by atoms with E-state index >= 15 is 0 Å². The summed E-state index contributed by atoms with van der Waals surface area (Å²) in [6.07, 6.45) is -3.54. The van der Waals surface area contributed by atoms with Gasteiger partial charge in [0.2, 0.25) is 5.82 Å². The molecule has 0 bridgehead atoms. The van der Waals surface area contributed by atoms with E-state index in [0.29, 0.717) is 0 Å². The van der Waals surface area contributed by atoms with Crippen molar-refractivity contribution in [3.8, 4) is 0 Å². The van der Waals surface area contributed by atoms with E-state index in [0.717, 1.165) is 12.3 Å². The summed E-state index contributed by atoms with van der Waals surface area (Å²) in [6.45, 7) is 0. The first-order chi connectivity index (χ1) is 7.38. The van der Waals surface area contributed by atoms with Gasteiger partial charge in [0, 0.05) is 11.7 Å². The molecule has 2 aromatic rings. The molecule has 2 rings (SSSR count). The maximum atomic E-state index is 12.3. The number of alkyl halides is 3. The van der Waals surface area contributed by atoms with Gasteiger partial charge in [-0.05, 0) is 6.07 Å². The summed E-state index contributed by atoms with van der Waals surface area (Å²) >= 11 is 0. The summed E-state index contributed by atoms with van der Waals surface area (Å²) < 4.78 is 36.8. The van der Waals surface area contributed by atoms with Crippen molar-refractivity contribution in [3.05, 3.63) is 18.1 Å². The van der Waals surface area contributed by atoms with E-state index in [9.17, 15) is 13.2 Å². The van der Waals surface area contributed by atoms with Crippen molar-refractivity contribution >= 4 is 23.7 Å². The van der Waals surface area contributed by atoms with Crippen LogP contribution in [0.3, 0.4) is 0 Å². The van der Waals surface area contributed by atoms with Crippen molar-refractivity contribution < 1.29 is 23.2 Å². The SMILES string of the molecule is OB(O)c1cnc2nc(C(F)(F)F)[nH]c2c1. The van der Waals surface area contributed by atoms with Crippen LogP contribution < -0.4 is 5.46 Å². The summed E-state index contributed by atoms with van der Waals surface area (Å²) in [4.78, 5) is 8.81. The number of hydrogen-bond donors (Lipinski definition) is 3. The average molecular weight is 231 g/mol. The van der Waals surface area contributed by atoms with Crippen LogP contribution in [-0.4, -0.2) is 32.1 Å². The smallest absolute Gasteiger partial charge is 0.423 e. The number of nitrogens with one attached hydrogen (secondary N) is 1. The molecule has 0 unspecified atom stereocenters. The first-order valence-corrected chi connectivity index (χ1v) is 4.17. The number of H-pyrrole nitrogens is 1. The second kappa shape index (κ2) is 3.46. The lowest BCUT2D eigenvalue weighted by molar-refractivity contribution is -0.144. The highest BCUT2D eigenvalue weighted by atomic mass is 19.4. The Hall–Kier alpha value is -1.61. The third-order valence-electron chi connectivity index (χ3n) is 1.93. The molecule has 0 aliphatic heterocycles. The molecule has 16 heavy (non-hydrogen) atoms. The van der Waals surface area contributed by atoms with Crippen LogP contribution in [0.25, 0.3) is 11.2 Å². The summed E-state index contributed by atoms with van der Waals surface area (Å²) in [5.74, 6) is -1.17. The molecule has 0 amide bonds. The van der Waals surface area contributed by atoms with Crippen LogP contribution in [0.2, 0.25) is 0 Å². The van der Waals surface area contributed by atoms with Crippen molar-refractivity contribution in [2.24, 2.45) is 0 Å². The maximum absolute atomic E-state index is 12.3. The molecule has 0 spiro atoms. The molecule has 9 heteroatoms. The van der Waals surface area contributed by atoms with Gasteiger partial charge in [-0.3, -0.25) is 0 Å². The van der Waals surface area contributed by atoms with Crippen LogP contribution in [0.15, 0.2) is 12.3 Å². The van der Waals surface area contributed by atoms with Gasteiger partial charge < -0.3 is 15.0 Å². The summed E-state index contributed by atoms with van der Waals surface area (Å²) in [5.41, 5.74) is -0.139. The van der Waals surface area contributed by atoms with Crippen molar-refractivity contribution in [2.75, 3.05) is 0 Å². The minimum atomic E-state index is -4.58. The van der Waals surface area contributed by atoms with Crippen molar-refractivity contribution in [3.63, 3.8) is 0 Å². The number of aromatic nitrogens is 3. The number of imidazole rings is 1. The van der Waals surface area contributed by atoms with E-state index in [-0.39, 0.29) is 16.6 Å². The van der Waals surface area contributed by atoms with Crippen LogP contribution in [0, 0.1) is 0 Å². The molecule has 0 aliphatic rings. The van der Waals surface area contributed by atoms with E-state index in [1.54, 1.807) is 0 Å². The molecule has 0 saturated carbocycles. The zero-order chi connectivity index (χ0) is 11.9.